The number of carbonyl (C=O) groups excluding carboxylic acids is 1. The van der Waals surface area contributed by atoms with Gasteiger partial charge in [0.05, 0.1) is 18.7 Å². The summed E-state index contributed by atoms with van der Waals surface area (Å²) in [4.78, 5) is 13.4. The molecule has 94 valence electrons. The van der Waals surface area contributed by atoms with Gasteiger partial charge in [0, 0.05) is 12.7 Å². The molecular formula is C13H20N2O2. The number of aliphatic hydroxyl groups is 1. The average molecular weight is 236 g/mol. The van der Waals surface area contributed by atoms with Crippen LogP contribution in [0.25, 0.3) is 0 Å². The molecule has 1 rings (SSSR count). The van der Waals surface area contributed by atoms with E-state index in [-0.39, 0.29) is 19.1 Å². The van der Waals surface area contributed by atoms with Gasteiger partial charge >= 0.3 is 0 Å². The molecule has 0 saturated heterocycles. The molecule has 0 radical (unpaired) electrons. The third kappa shape index (κ3) is 3.75. The molecule has 0 aliphatic heterocycles. The highest BCUT2D eigenvalue weighted by Gasteiger charge is 2.26. The van der Waals surface area contributed by atoms with Crippen molar-refractivity contribution in [3.05, 3.63) is 30.3 Å². The average Bonchev–Trinajstić information content (AvgIpc) is 2.36. The van der Waals surface area contributed by atoms with E-state index >= 15 is 0 Å². The minimum Gasteiger partial charge on any atom is -0.394 e. The Balaban J connectivity index is 2.51. The molecule has 0 fully saturated rings. The number of hydrogen-bond acceptors (Lipinski definition) is 3. The van der Waals surface area contributed by atoms with Crippen LogP contribution in [0.2, 0.25) is 0 Å². The normalized spacial score (nSPS) is 11.1. The Morgan fingerprint density at radius 3 is 2.47 bits per heavy atom. The van der Waals surface area contributed by atoms with Crippen molar-refractivity contribution in [3.63, 3.8) is 0 Å². The topological polar surface area (TPSA) is 52.6 Å². The van der Waals surface area contributed by atoms with Gasteiger partial charge in [-0.1, -0.05) is 18.2 Å². The number of benzene rings is 1. The summed E-state index contributed by atoms with van der Waals surface area (Å²) in [5.41, 5.74) is 0.381. The van der Waals surface area contributed by atoms with Crippen LogP contribution in [0.3, 0.4) is 0 Å². The summed E-state index contributed by atoms with van der Waals surface area (Å²) >= 11 is 0. The number of carbonyl (C=O) groups is 1. The third-order valence-electron chi connectivity index (χ3n) is 2.89. The smallest absolute Gasteiger partial charge is 0.242 e. The largest absolute Gasteiger partial charge is 0.394 e. The van der Waals surface area contributed by atoms with E-state index in [0.29, 0.717) is 0 Å². The van der Waals surface area contributed by atoms with E-state index in [1.165, 1.54) is 0 Å². The SMILES string of the molecule is CN(C(=O)CNc1ccccc1)C(C)(C)CO. The number of aliphatic hydroxyl groups excluding tert-OH is 1. The molecule has 0 aliphatic rings. The molecule has 1 aromatic carbocycles. The van der Waals surface area contributed by atoms with Gasteiger partial charge < -0.3 is 15.3 Å². The molecule has 2 N–H and O–H groups in total. The number of nitrogens with zero attached hydrogens (tertiary/aromatic N) is 1. The van der Waals surface area contributed by atoms with E-state index in [1.54, 1.807) is 11.9 Å². The predicted molar refractivity (Wildman–Crippen MR) is 68.9 cm³/mol. The Hall–Kier alpha value is -1.55. The fourth-order valence-corrected chi connectivity index (χ4v) is 1.30. The highest BCUT2D eigenvalue weighted by molar-refractivity contribution is 5.81. The summed E-state index contributed by atoms with van der Waals surface area (Å²) < 4.78 is 0. The Morgan fingerprint density at radius 2 is 1.94 bits per heavy atom. The first kappa shape index (κ1) is 13.5. The van der Waals surface area contributed by atoms with Crippen LogP contribution >= 0.6 is 0 Å². The molecule has 1 amide bonds. The predicted octanol–water partition coefficient (Wildman–Crippen LogP) is 1.33. The van der Waals surface area contributed by atoms with Gasteiger partial charge in [0.25, 0.3) is 0 Å². The highest BCUT2D eigenvalue weighted by Crippen LogP contribution is 2.11. The number of rotatable bonds is 5. The third-order valence-corrected chi connectivity index (χ3v) is 2.89. The van der Waals surface area contributed by atoms with Crippen molar-refractivity contribution in [1.82, 2.24) is 4.90 Å². The van der Waals surface area contributed by atoms with Gasteiger partial charge in [-0.15, -0.1) is 0 Å². The van der Waals surface area contributed by atoms with Crippen LogP contribution in [0.1, 0.15) is 13.8 Å². The summed E-state index contributed by atoms with van der Waals surface area (Å²) in [5.74, 6) is -0.0482. The molecule has 0 aromatic heterocycles. The van der Waals surface area contributed by atoms with Crippen molar-refractivity contribution in [2.75, 3.05) is 25.5 Å². The zero-order valence-electron chi connectivity index (χ0n) is 10.6. The minimum atomic E-state index is -0.532. The molecule has 0 aliphatic carbocycles. The van der Waals surface area contributed by atoms with Crippen LogP contribution in [0, 0.1) is 0 Å². The maximum atomic E-state index is 11.9. The molecule has 0 atom stereocenters. The Kier molecular flexibility index (Phi) is 4.52. The number of anilines is 1. The van der Waals surface area contributed by atoms with Gasteiger partial charge in [0.1, 0.15) is 0 Å². The fourth-order valence-electron chi connectivity index (χ4n) is 1.30. The fraction of sp³-hybridized carbons (Fsp3) is 0.462. The van der Waals surface area contributed by atoms with Crippen molar-refractivity contribution in [2.45, 2.75) is 19.4 Å². The van der Waals surface area contributed by atoms with Gasteiger partial charge in [0.15, 0.2) is 0 Å². The first-order valence-corrected chi connectivity index (χ1v) is 5.64. The Labute approximate surface area is 102 Å². The lowest BCUT2D eigenvalue weighted by molar-refractivity contribution is -0.134. The molecule has 17 heavy (non-hydrogen) atoms. The lowest BCUT2D eigenvalue weighted by Gasteiger charge is -2.34. The number of para-hydroxylation sites is 1. The van der Waals surface area contributed by atoms with Crippen molar-refractivity contribution in [1.29, 1.82) is 0 Å². The van der Waals surface area contributed by atoms with E-state index in [0.717, 1.165) is 5.69 Å². The highest BCUT2D eigenvalue weighted by atomic mass is 16.3. The Bertz CT molecular complexity index is 363. The van der Waals surface area contributed by atoms with Crippen LogP contribution in [-0.4, -0.2) is 41.7 Å². The van der Waals surface area contributed by atoms with E-state index in [2.05, 4.69) is 5.32 Å². The number of amides is 1. The number of hydrogen-bond donors (Lipinski definition) is 2. The first-order chi connectivity index (χ1) is 7.97. The maximum absolute atomic E-state index is 11.9. The molecule has 4 heteroatoms. The Morgan fingerprint density at radius 1 is 1.35 bits per heavy atom. The number of likely N-dealkylation sites (N-methyl/N-ethyl adjacent to an activating group) is 1. The summed E-state index contributed by atoms with van der Waals surface area (Å²) in [6.45, 7) is 3.82. The summed E-state index contributed by atoms with van der Waals surface area (Å²) in [7, 11) is 1.70. The van der Waals surface area contributed by atoms with E-state index in [9.17, 15) is 9.90 Å². The van der Waals surface area contributed by atoms with Crippen molar-refractivity contribution < 1.29 is 9.90 Å². The quantitative estimate of drug-likeness (QED) is 0.811. The summed E-state index contributed by atoms with van der Waals surface area (Å²) in [6, 6.07) is 9.56. The van der Waals surface area contributed by atoms with Gasteiger partial charge in [0.2, 0.25) is 5.91 Å². The van der Waals surface area contributed by atoms with Crippen LogP contribution in [0.4, 0.5) is 5.69 Å². The zero-order valence-corrected chi connectivity index (χ0v) is 10.6. The summed E-state index contributed by atoms with van der Waals surface area (Å²) in [5, 5.41) is 12.2. The molecule has 0 spiro atoms. The van der Waals surface area contributed by atoms with E-state index < -0.39 is 5.54 Å². The van der Waals surface area contributed by atoms with Crippen LogP contribution < -0.4 is 5.32 Å². The lowest BCUT2D eigenvalue weighted by Crippen LogP contribution is -2.49. The van der Waals surface area contributed by atoms with Gasteiger partial charge in [-0.05, 0) is 26.0 Å². The lowest BCUT2D eigenvalue weighted by atomic mass is 10.1. The van der Waals surface area contributed by atoms with Crippen molar-refractivity contribution in [2.24, 2.45) is 0 Å². The molecule has 0 unspecified atom stereocenters. The van der Waals surface area contributed by atoms with Gasteiger partial charge in [-0.3, -0.25) is 4.79 Å². The van der Waals surface area contributed by atoms with Gasteiger partial charge in [-0.2, -0.15) is 0 Å². The van der Waals surface area contributed by atoms with Gasteiger partial charge in [-0.25, -0.2) is 0 Å². The maximum Gasteiger partial charge on any atom is 0.242 e. The molecule has 0 saturated carbocycles. The van der Waals surface area contributed by atoms with Crippen LogP contribution in [0.5, 0.6) is 0 Å². The molecule has 4 nitrogen and oxygen atoms in total. The molecular weight excluding hydrogens is 216 g/mol. The standard InChI is InChI=1S/C13H20N2O2/c1-13(2,10-16)15(3)12(17)9-14-11-7-5-4-6-8-11/h4-8,14,16H,9-10H2,1-3H3. The second-order valence-corrected chi connectivity index (χ2v) is 4.64. The second-order valence-electron chi connectivity index (χ2n) is 4.64. The molecule has 1 aromatic rings. The first-order valence-electron chi connectivity index (χ1n) is 5.64. The van der Waals surface area contributed by atoms with Crippen molar-refractivity contribution >= 4 is 11.6 Å². The van der Waals surface area contributed by atoms with Crippen molar-refractivity contribution in [3.8, 4) is 0 Å². The minimum absolute atomic E-state index is 0.0482. The monoisotopic (exact) mass is 236 g/mol. The second kappa shape index (κ2) is 5.68. The molecule has 0 bridgehead atoms. The zero-order chi connectivity index (χ0) is 12.9. The van der Waals surface area contributed by atoms with E-state index in [4.69, 9.17) is 0 Å². The van der Waals surface area contributed by atoms with Crippen LogP contribution in [-0.2, 0) is 4.79 Å². The van der Waals surface area contributed by atoms with E-state index in [1.807, 2.05) is 44.2 Å². The summed E-state index contributed by atoms with van der Waals surface area (Å²) in [6.07, 6.45) is 0. The van der Waals surface area contributed by atoms with Crippen LogP contribution in [0.15, 0.2) is 30.3 Å². The molecule has 0 heterocycles. The number of nitrogens with one attached hydrogen (secondary N) is 1.